The molecule has 1 saturated heterocycles. The summed E-state index contributed by atoms with van der Waals surface area (Å²) in [4.78, 5) is 4.37. The molecule has 130 valence electrons. The maximum absolute atomic E-state index is 5.54. The number of unbranched alkanes of at least 4 members (excludes halogenated alkanes) is 9. The summed E-state index contributed by atoms with van der Waals surface area (Å²) in [6.45, 7) is 2.62. The van der Waals surface area contributed by atoms with Crippen LogP contribution in [0.4, 0.5) is 0 Å². The van der Waals surface area contributed by atoms with Crippen molar-refractivity contribution in [3.63, 3.8) is 0 Å². The molecule has 2 heterocycles. The first-order valence-electron chi connectivity index (χ1n) is 9.54. The van der Waals surface area contributed by atoms with Crippen molar-refractivity contribution in [2.75, 3.05) is 19.8 Å². The Bertz CT molecular complexity index is 378. The van der Waals surface area contributed by atoms with Gasteiger partial charge >= 0.3 is 0 Å². The van der Waals surface area contributed by atoms with Crippen LogP contribution in [0.2, 0.25) is 0 Å². The Morgan fingerprint density at radius 3 is 2.17 bits per heavy atom. The van der Waals surface area contributed by atoms with Crippen LogP contribution in [0.25, 0.3) is 0 Å². The molecule has 23 heavy (non-hydrogen) atoms. The van der Waals surface area contributed by atoms with Gasteiger partial charge in [-0.2, -0.15) is 0 Å². The minimum absolute atomic E-state index is 0.416. The number of epoxide rings is 1. The highest BCUT2D eigenvalue weighted by Crippen LogP contribution is 2.12. The number of hydrogen-bond acceptors (Lipinski definition) is 3. The van der Waals surface area contributed by atoms with Crippen LogP contribution in [0, 0.1) is 0 Å². The zero-order valence-electron chi connectivity index (χ0n) is 14.5. The Balaban J connectivity index is 1.24. The quantitative estimate of drug-likeness (QED) is 0.339. The first-order chi connectivity index (χ1) is 11.4. The average Bonchev–Trinajstić information content (AvgIpc) is 3.40. The van der Waals surface area contributed by atoms with Gasteiger partial charge in [0.05, 0.1) is 13.2 Å². The van der Waals surface area contributed by atoms with Crippen LogP contribution in [-0.4, -0.2) is 30.9 Å². The lowest BCUT2D eigenvalue weighted by Gasteiger charge is -2.04. The second-order valence-corrected chi connectivity index (χ2v) is 6.64. The van der Waals surface area contributed by atoms with Crippen molar-refractivity contribution < 1.29 is 9.47 Å². The van der Waals surface area contributed by atoms with Gasteiger partial charge in [0, 0.05) is 18.5 Å². The van der Waals surface area contributed by atoms with Crippen LogP contribution in [0.3, 0.4) is 0 Å². The van der Waals surface area contributed by atoms with E-state index in [2.05, 4.69) is 17.1 Å². The molecule has 3 nitrogen and oxygen atoms in total. The molecule has 1 aromatic rings. The van der Waals surface area contributed by atoms with E-state index in [1.807, 2.05) is 12.3 Å². The van der Waals surface area contributed by atoms with Gasteiger partial charge in [-0.3, -0.25) is 4.98 Å². The molecule has 2 rings (SSSR count). The highest BCUT2D eigenvalue weighted by molar-refractivity contribution is 5.03. The topological polar surface area (TPSA) is 34.6 Å². The van der Waals surface area contributed by atoms with Crippen molar-refractivity contribution in [3.05, 3.63) is 30.1 Å². The van der Waals surface area contributed by atoms with Gasteiger partial charge < -0.3 is 9.47 Å². The van der Waals surface area contributed by atoms with Gasteiger partial charge in [-0.25, -0.2) is 0 Å². The fourth-order valence-electron chi connectivity index (χ4n) is 2.85. The van der Waals surface area contributed by atoms with Crippen LogP contribution in [-0.2, 0) is 15.9 Å². The molecular formula is C20H33NO2. The number of hydrogen-bond donors (Lipinski definition) is 0. The summed E-state index contributed by atoms with van der Waals surface area (Å²) < 4.78 is 10.7. The molecule has 1 unspecified atom stereocenters. The standard InChI is InChI=1S/C20H33NO2/c1(2-4-6-8-12-16-22-17-20-18-23-20)3-5-7-9-13-19-14-10-11-15-21-19/h10-11,14-15,20H,1-9,12-13,16-18H2. The normalized spacial score (nSPS) is 16.6. The largest absolute Gasteiger partial charge is 0.379 e. The third kappa shape index (κ3) is 10.5. The lowest BCUT2D eigenvalue weighted by atomic mass is 10.1. The first kappa shape index (κ1) is 18.4. The molecule has 0 radical (unpaired) electrons. The van der Waals surface area contributed by atoms with E-state index in [-0.39, 0.29) is 0 Å². The number of aromatic nitrogens is 1. The maximum atomic E-state index is 5.54. The zero-order chi connectivity index (χ0) is 16.0. The summed E-state index contributed by atoms with van der Waals surface area (Å²) in [5.41, 5.74) is 1.24. The van der Waals surface area contributed by atoms with E-state index in [1.165, 1.54) is 69.9 Å². The molecule has 1 atom stereocenters. The molecule has 0 saturated carbocycles. The summed E-state index contributed by atoms with van der Waals surface area (Å²) in [5, 5.41) is 0. The first-order valence-corrected chi connectivity index (χ1v) is 9.54. The number of rotatable bonds is 15. The van der Waals surface area contributed by atoms with Gasteiger partial charge in [0.2, 0.25) is 0 Å². The minimum atomic E-state index is 0.416. The molecule has 1 aliphatic rings. The minimum Gasteiger partial charge on any atom is -0.379 e. The number of pyridine rings is 1. The van der Waals surface area contributed by atoms with Crippen LogP contribution >= 0.6 is 0 Å². The highest BCUT2D eigenvalue weighted by Gasteiger charge is 2.21. The fourth-order valence-corrected chi connectivity index (χ4v) is 2.85. The third-order valence-corrected chi connectivity index (χ3v) is 4.40. The fraction of sp³-hybridized carbons (Fsp3) is 0.750. The van der Waals surface area contributed by atoms with E-state index < -0.39 is 0 Å². The Kier molecular flexibility index (Phi) is 10.00. The van der Waals surface area contributed by atoms with Crippen LogP contribution < -0.4 is 0 Å². The molecule has 0 bridgehead atoms. The van der Waals surface area contributed by atoms with Crippen LogP contribution in [0.1, 0.15) is 69.9 Å². The monoisotopic (exact) mass is 319 g/mol. The number of nitrogens with zero attached hydrogens (tertiary/aromatic N) is 1. The second-order valence-electron chi connectivity index (χ2n) is 6.64. The second kappa shape index (κ2) is 12.5. The molecular weight excluding hydrogens is 286 g/mol. The predicted octanol–water partition coefficient (Wildman–Crippen LogP) is 4.94. The van der Waals surface area contributed by atoms with Gasteiger partial charge in [0.25, 0.3) is 0 Å². The van der Waals surface area contributed by atoms with Crippen molar-refractivity contribution in [1.82, 2.24) is 4.98 Å². The zero-order valence-corrected chi connectivity index (χ0v) is 14.5. The molecule has 0 amide bonds. The van der Waals surface area contributed by atoms with Crippen LogP contribution in [0.5, 0.6) is 0 Å². The van der Waals surface area contributed by atoms with Gasteiger partial charge in [-0.15, -0.1) is 0 Å². The summed E-state index contributed by atoms with van der Waals surface area (Å²) >= 11 is 0. The van der Waals surface area contributed by atoms with Crippen molar-refractivity contribution in [1.29, 1.82) is 0 Å². The lowest BCUT2D eigenvalue weighted by molar-refractivity contribution is 0.113. The third-order valence-electron chi connectivity index (χ3n) is 4.40. The van der Waals surface area contributed by atoms with Gasteiger partial charge in [-0.05, 0) is 31.4 Å². The molecule has 1 fully saturated rings. The van der Waals surface area contributed by atoms with E-state index >= 15 is 0 Å². The van der Waals surface area contributed by atoms with E-state index in [1.54, 1.807) is 0 Å². The van der Waals surface area contributed by atoms with E-state index in [0.717, 1.165) is 26.2 Å². The van der Waals surface area contributed by atoms with Crippen molar-refractivity contribution >= 4 is 0 Å². The highest BCUT2D eigenvalue weighted by atomic mass is 16.6. The molecule has 3 heteroatoms. The summed E-state index contributed by atoms with van der Waals surface area (Å²) in [6, 6.07) is 6.19. The van der Waals surface area contributed by atoms with E-state index in [4.69, 9.17) is 9.47 Å². The van der Waals surface area contributed by atoms with Crippen molar-refractivity contribution in [2.45, 2.75) is 76.7 Å². The number of aryl methyl sites for hydroxylation is 1. The molecule has 0 spiro atoms. The lowest BCUT2D eigenvalue weighted by Crippen LogP contribution is -2.02. The molecule has 1 aromatic heterocycles. The molecule has 0 N–H and O–H groups in total. The Labute approximate surface area is 141 Å². The summed E-state index contributed by atoms with van der Waals surface area (Å²) in [7, 11) is 0. The molecule has 0 aromatic carbocycles. The smallest absolute Gasteiger partial charge is 0.104 e. The van der Waals surface area contributed by atoms with E-state index in [9.17, 15) is 0 Å². The van der Waals surface area contributed by atoms with Crippen LogP contribution in [0.15, 0.2) is 24.4 Å². The average molecular weight is 319 g/mol. The Hall–Kier alpha value is -0.930. The predicted molar refractivity (Wildman–Crippen MR) is 94.7 cm³/mol. The SMILES string of the molecule is c1ccc(CCCCCCCCCCCCOCC2CO2)nc1. The molecule has 1 aliphatic heterocycles. The maximum Gasteiger partial charge on any atom is 0.104 e. The summed E-state index contributed by atoms with van der Waals surface area (Å²) in [5.74, 6) is 0. The Morgan fingerprint density at radius 1 is 0.913 bits per heavy atom. The van der Waals surface area contributed by atoms with E-state index in [0.29, 0.717) is 6.10 Å². The van der Waals surface area contributed by atoms with Gasteiger partial charge in [0.15, 0.2) is 0 Å². The van der Waals surface area contributed by atoms with Gasteiger partial charge in [-0.1, -0.05) is 57.4 Å². The summed E-state index contributed by atoms with van der Waals surface area (Å²) in [6.07, 6.45) is 16.9. The molecule has 0 aliphatic carbocycles. The number of ether oxygens (including phenoxy) is 2. The Morgan fingerprint density at radius 2 is 1.57 bits per heavy atom. The van der Waals surface area contributed by atoms with Crippen molar-refractivity contribution in [2.24, 2.45) is 0 Å². The van der Waals surface area contributed by atoms with Crippen molar-refractivity contribution in [3.8, 4) is 0 Å². The van der Waals surface area contributed by atoms with Gasteiger partial charge in [0.1, 0.15) is 6.10 Å².